The maximum Gasteiger partial charge on any atom is 0.0125 e. The Kier molecular flexibility index (Phi) is 3.39. The highest BCUT2D eigenvalue weighted by Gasteiger charge is 2.29. The van der Waals surface area contributed by atoms with Gasteiger partial charge in [-0.3, -0.25) is 4.90 Å². The molecule has 0 spiro atoms. The summed E-state index contributed by atoms with van der Waals surface area (Å²) in [6, 6.07) is 0. The number of hydrogen-bond acceptors (Lipinski definition) is 1. The summed E-state index contributed by atoms with van der Waals surface area (Å²) < 4.78 is 0. The molecule has 1 aliphatic rings. The van der Waals surface area contributed by atoms with Crippen molar-refractivity contribution in [2.24, 2.45) is 11.8 Å². The molecular weight excluding hydrogens is 158 g/mol. The Morgan fingerprint density at radius 2 is 1.92 bits per heavy atom. The van der Waals surface area contributed by atoms with Crippen LogP contribution in [0, 0.1) is 11.8 Å². The van der Waals surface area contributed by atoms with E-state index < -0.39 is 0 Å². The SMILES string of the molecule is CC(C)C[C@@H]1CCN(C(C)(C)C)C1. The largest absolute Gasteiger partial charge is 0.298 e. The molecule has 1 atom stereocenters. The molecule has 0 radical (unpaired) electrons. The van der Waals surface area contributed by atoms with Gasteiger partial charge in [0.05, 0.1) is 0 Å². The van der Waals surface area contributed by atoms with E-state index in [1.165, 1.54) is 25.9 Å². The van der Waals surface area contributed by atoms with Gasteiger partial charge in [-0.25, -0.2) is 0 Å². The summed E-state index contributed by atoms with van der Waals surface area (Å²) in [5, 5.41) is 0. The minimum Gasteiger partial charge on any atom is -0.298 e. The molecule has 0 aromatic rings. The average Bonchev–Trinajstić information content (AvgIpc) is 2.32. The lowest BCUT2D eigenvalue weighted by Gasteiger charge is -2.31. The van der Waals surface area contributed by atoms with E-state index in [4.69, 9.17) is 0 Å². The van der Waals surface area contributed by atoms with Crippen LogP contribution in [0.15, 0.2) is 0 Å². The lowest BCUT2D eigenvalue weighted by atomic mass is 9.96. The van der Waals surface area contributed by atoms with E-state index in [1.807, 2.05) is 0 Å². The minimum absolute atomic E-state index is 0.381. The third-order valence-corrected chi connectivity index (χ3v) is 3.04. The van der Waals surface area contributed by atoms with Crippen molar-refractivity contribution in [2.75, 3.05) is 13.1 Å². The van der Waals surface area contributed by atoms with Gasteiger partial charge in [0.25, 0.3) is 0 Å². The zero-order valence-electron chi connectivity index (χ0n) is 9.93. The van der Waals surface area contributed by atoms with Crippen LogP contribution in [0.1, 0.15) is 47.5 Å². The van der Waals surface area contributed by atoms with E-state index in [0.29, 0.717) is 5.54 Å². The number of rotatable bonds is 2. The van der Waals surface area contributed by atoms with Crippen LogP contribution < -0.4 is 0 Å². The molecule has 1 heterocycles. The molecule has 0 amide bonds. The summed E-state index contributed by atoms with van der Waals surface area (Å²) in [5.74, 6) is 1.82. The highest BCUT2D eigenvalue weighted by molar-refractivity contribution is 4.84. The van der Waals surface area contributed by atoms with Crippen molar-refractivity contribution in [1.29, 1.82) is 0 Å². The van der Waals surface area contributed by atoms with Gasteiger partial charge in [0.1, 0.15) is 0 Å². The minimum atomic E-state index is 0.381. The Morgan fingerprint density at radius 1 is 1.31 bits per heavy atom. The van der Waals surface area contributed by atoms with Gasteiger partial charge in [0.15, 0.2) is 0 Å². The fourth-order valence-electron chi connectivity index (χ4n) is 2.30. The Labute approximate surface area is 83.5 Å². The van der Waals surface area contributed by atoms with Crippen LogP contribution in [0.25, 0.3) is 0 Å². The summed E-state index contributed by atoms with van der Waals surface area (Å²) in [5.41, 5.74) is 0.381. The summed E-state index contributed by atoms with van der Waals surface area (Å²) in [4.78, 5) is 2.63. The second kappa shape index (κ2) is 4.00. The maximum absolute atomic E-state index is 2.63. The van der Waals surface area contributed by atoms with E-state index in [1.54, 1.807) is 0 Å². The second-order valence-corrected chi connectivity index (χ2v) is 5.90. The van der Waals surface area contributed by atoms with Crippen molar-refractivity contribution in [3.05, 3.63) is 0 Å². The molecule has 78 valence electrons. The smallest absolute Gasteiger partial charge is 0.0125 e. The molecule has 1 saturated heterocycles. The molecule has 0 saturated carbocycles. The molecule has 1 aliphatic heterocycles. The van der Waals surface area contributed by atoms with Gasteiger partial charge < -0.3 is 0 Å². The van der Waals surface area contributed by atoms with Crippen molar-refractivity contribution in [1.82, 2.24) is 4.90 Å². The summed E-state index contributed by atoms with van der Waals surface area (Å²) in [6.07, 6.45) is 2.82. The van der Waals surface area contributed by atoms with Crippen LogP contribution in [0.4, 0.5) is 0 Å². The van der Waals surface area contributed by atoms with Crippen LogP contribution in [-0.2, 0) is 0 Å². The fourth-order valence-corrected chi connectivity index (χ4v) is 2.30. The number of hydrogen-bond donors (Lipinski definition) is 0. The van der Waals surface area contributed by atoms with Gasteiger partial charge in [0.2, 0.25) is 0 Å². The quantitative estimate of drug-likeness (QED) is 0.635. The van der Waals surface area contributed by atoms with E-state index in [9.17, 15) is 0 Å². The first-order chi connectivity index (χ1) is 5.89. The lowest BCUT2D eigenvalue weighted by Crippen LogP contribution is -2.39. The van der Waals surface area contributed by atoms with Crippen molar-refractivity contribution in [3.63, 3.8) is 0 Å². The van der Waals surface area contributed by atoms with Crippen LogP contribution in [0.5, 0.6) is 0 Å². The molecule has 0 aliphatic carbocycles. The topological polar surface area (TPSA) is 3.24 Å². The molecule has 0 aromatic carbocycles. The average molecular weight is 183 g/mol. The van der Waals surface area contributed by atoms with Crippen molar-refractivity contribution < 1.29 is 0 Å². The normalized spacial score (nSPS) is 25.8. The molecule has 1 heteroatoms. The third kappa shape index (κ3) is 3.30. The van der Waals surface area contributed by atoms with Crippen molar-refractivity contribution >= 4 is 0 Å². The Morgan fingerprint density at radius 3 is 2.31 bits per heavy atom. The third-order valence-electron chi connectivity index (χ3n) is 3.04. The highest BCUT2D eigenvalue weighted by atomic mass is 15.2. The van der Waals surface area contributed by atoms with Crippen LogP contribution in [-0.4, -0.2) is 23.5 Å². The Bertz CT molecular complexity index is 155. The zero-order chi connectivity index (χ0) is 10.1. The Hall–Kier alpha value is -0.0400. The van der Waals surface area contributed by atoms with Gasteiger partial charge in [-0.1, -0.05) is 13.8 Å². The van der Waals surface area contributed by atoms with E-state index >= 15 is 0 Å². The Balaban J connectivity index is 2.36. The summed E-state index contributed by atoms with van der Waals surface area (Å²) in [7, 11) is 0. The fraction of sp³-hybridized carbons (Fsp3) is 1.00. The zero-order valence-corrected chi connectivity index (χ0v) is 9.93. The van der Waals surface area contributed by atoms with Crippen molar-refractivity contribution in [2.45, 2.75) is 53.0 Å². The van der Waals surface area contributed by atoms with E-state index in [-0.39, 0.29) is 0 Å². The van der Waals surface area contributed by atoms with Crippen molar-refractivity contribution in [3.8, 4) is 0 Å². The standard InChI is InChI=1S/C12H25N/c1-10(2)8-11-6-7-13(9-11)12(3,4)5/h10-11H,6-9H2,1-5H3/t11-/m0/s1. The molecule has 0 N–H and O–H groups in total. The first kappa shape index (κ1) is 11.0. The predicted molar refractivity (Wildman–Crippen MR) is 58.9 cm³/mol. The molecule has 1 rings (SSSR count). The first-order valence-corrected chi connectivity index (χ1v) is 5.64. The monoisotopic (exact) mass is 183 g/mol. The summed E-state index contributed by atoms with van der Waals surface area (Å²) >= 11 is 0. The molecule has 1 fully saturated rings. The van der Waals surface area contributed by atoms with Gasteiger partial charge in [0, 0.05) is 12.1 Å². The predicted octanol–water partition coefficient (Wildman–Crippen LogP) is 3.15. The maximum atomic E-state index is 2.63. The van der Waals surface area contributed by atoms with Gasteiger partial charge in [-0.15, -0.1) is 0 Å². The van der Waals surface area contributed by atoms with Gasteiger partial charge in [-0.2, -0.15) is 0 Å². The lowest BCUT2D eigenvalue weighted by molar-refractivity contribution is 0.166. The van der Waals surface area contributed by atoms with Crippen LogP contribution in [0.2, 0.25) is 0 Å². The molecule has 0 aromatic heterocycles. The molecule has 1 nitrogen and oxygen atoms in total. The molecule has 13 heavy (non-hydrogen) atoms. The highest BCUT2D eigenvalue weighted by Crippen LogP contribution is 2.28. The van der Waals surface area contributed by atoms with Gasteiger partial charge >= 0.3 is 0 Å². The van der Waals surface area contributed by atoms with Crippen LogP contribution in [0.3, 0.4) is 0 Å². The molecule has 0 bridgehead atoms. The first-order valence-electron chi connectivity index (χ1n) is 5.64. The second-order valence-electron chi connectivity index (χ2n) is 5.90. The van der Waals surface area contributed by atoms with Gasteiger partial charge in [-0.05, 0) is 52.0 Å². The van der Waals surface area contributed by atoms with E-state index in [0.717, 1.165) is 11.8 Å². The summed E-state index contributed by atoms with van der Waals surface area (Å²) in [6.45, 7) is 14.3. The number of nitrogens with zero attached hydrogens (tertiary/aromatic N) is 1. The number of likely N-dealkylation sites (tertiary alicyclic amines) is 1. The van der Waals surface area contributed by atoms with Crippen LogP contribution >= 0.6 is 0 Å². The van der Waals surface area contributed by atoms with E-state index in [2.05, 4.69) is 39.5 Å². The molecular formula is C12H25N. The molecule has 0 unspecified atom stereocenters.